The van der Waals surface area contributed by atoms with Crippen molar-refractivity contribution in [3.05, 3.63) is 63.6 Å². The van der Waals surface area contributed by atoms with Crippen LogP contribution >= 0.6 is 15.9 Å². The smallest absolute Gasteiger partial charge is 0.118 e. The van der Waals surface area contributed by atoms with Gasteiger partial charge in [0.25, 0.3) is 0 Å². The van der Waals surface area contributed by atoms with Crippen LogP contribution in [0.5, 0.6) is 5.75 Å². The minimum atomic E-state index is 0.211. The molecule has 2 rings (SSSR count). The Morgan fingerprint density at radius 2 is 1.76 bits per heavy atom. The van der Waals surface area contributed by atoms with E-state index in [-0.39, 0.29) is 6.04 Å². The molecule has 1 N–H and O–H groups in total. The monoisotopic (exact) mass is 347 g/mol. The second-order valence-electron chi connectivity index (χ2n) is 5.17. The van der Waals surface area contributed by atoms with Crippen molar-refractivity contribution >= 4 is 15.9 Å². The van der Waals surface area contributed by atoms with Crippen molar-refractivity contribution in [2.75, 3.05) is 13.7 Å². The van der Waals surface area contributed by atoms with Crippen LogP contribution in [0, 0.1) is 6.92 Å². The Balaban J connectivity index is 2.33. The van der Waals surface area contributed by atoms with Crippen LogP contribution in [0.2, 0.25) is 0 Å². The van der Waals surface area contributed by atoms with E-state index in [2.05, 4.69) is 65.4 Å². The van der Waals surface area contributed by atoms with E-state index < -0.39 is 0 Å². The zero-order chi connectivity index (χ0) is 15.2. The highest BCUT2D eigenvalue weighted by molar-refractivity contribution is 9.10. The van der Waals surface area contributed by atoms with Crippen LogP contribution in [0.25, 0.3) is 0 Å². The molecule has 0 bridgehead atoms. The molecule has 0 amide bonds. The van der Waals surface area contributed by atoms with Gasteiger partial charge < -0.3 is 10.1 Å². The molecule has 0 fully saturated rings. The van der Waals surface area contributed by atoms with Crippen LogP contribution in [-0.4, -0.2) is 13.7 Å². The third-order valence-electron chi connectivity index (χ3n) is 3.56. The van der Waals surface area contributed by atoms with Crippen molar-refractivity contribution in [1.29, 1.82) is 0 Å². The lowest BCUT2D eigenvalue weighted by Crippen LogP contribution is -2.23. The zero-order valence-corrected chi connectivity index (χ0v) is 14.4. The van der Waals surface area contributed by atoms with Crippen molar-refractivity contribution < 1.29 is 4.74 Å². The molecule has 112 valence electrons. The van der Waals surface area contributed by atoms with Crippen molar-refractivity contribution in [2.45, 2.75) is 26.3 Å². The first-order chi connectivity index (χ1) is 10.2. The summed E-state index contributed by atoms with van der Waals surface area (Å²) >= 11 is 3.57. The van der Waals surface area contributed by atoms with Crippen LogP contribution in [0.4, 0.5) is 0 Å². The molecular weight excluding hydrogens is 326 g/mol. The molecule has 3 heteroatoms. The maximum Gasteiger partial charge on any atom is 0.118 e. The number of methoxy groups -OCH3 is 1. The summed E-state index contributed by atoms with van der Waals surface area (Å²) < 4.78 is 6.39. The fourth-order valence-corrected chi connectivity index (χ4v) is 2.61. The molecule has 0 aliphatic carbocycles. The van der Waals surface area contributed by atoms with Crippen molar-refractivity contribution in [3.8, 4) is 5.75 Å². The number of ether oxygens (including phenoxy) is 1. The molecule has 0 heterocycles. The average Bonchev–Trinajstić information content (AvgIpc) is 2.51. The molecule has 0 aliphatic rings. The number of nitrogens with one attached hydrogen (secondary N) is 1. The van der Waals surface area contributed by atoms with Gasteiger partial charge in [-0.2, -0.15) is 0 Å². The van der Waals surface area contributed by atoms with Gasteiger partial charge in [0.1, 0.15) is 5.75 Å². The van der Waals surface area contributed by atoms with E-state index in [1.807, 2.05) is 12.1 Å². The highest BCUT2D eigenvalue weighted by Gasteiger charge is 2.14. The predicted molar refractivity (Wildman–Crippen MR) is 92.0 cm³/mol. The van der Waals surface area contributed by atoms with Crippen LogP contribution < -0.4 is 10.1 Å². The second-order valence-corrected chi connectivity index (χ2v) is 6.02. The van der Waals surface area contributed by atoms with Gasteiger partial charge in [0.2, 0.25) is 0 Å². The van der Waals surface area contributed by atoms with Gasteiger partial charge in [-0.3, -0.25) is 0 Å². The van der Waals surface area contributed by atoms with Crippen molar-refractivity contribution in [2.24, 2.45) is 0 Å². The third kappa shape index (κ3) is 4.08. The molecule has 0 saturated carbocycles. The molecule has 2 aromatic carbocycles. The average molecular weight is 348 g/mol. The number of hydrogen-bond acceptors (Lipinski definition) is 2. The Labute approximate surface area is 135 Å². The normalized spacial score (nSPS) is 12.2. The summed E-state index contributed by atoms with van der Waals surface area (Å²) in [6.07, 6.45) is 1.11. The lowest BCUT2D eigenvalue weighted by Gasteiger charge is -2.20. The number of aryl methyl sites for hydroxylation is 1. The third-order valence-corrected chi connectivity index (χ3v) is 4.45. The molecule has 0 aromatic heterocycles. The Morgan fingerprint density at radius 3 is 2.33 bits per heavy atom. The van der Waals surface area contributed by atoms with Crippen molar-refractivity contribution in [1.82, 2.24) is 5.32 Å². The molecule has 1 unspecified atom stereocenters. The van der Waals surface area contributed by atoms with E-state index in [1.165, 1.54) is 16.7 Å². The summed E-state index contributed by atoms with van der Waals surface area (Å²) in [7, 11) is 1.69. The quantitative estimate of drug-likeness (QED) is 0.805. The van der Waals surface area contributed by atoms with Crippen LogP contribution in [0.1, 0.15) is 36.1 Å². The number of rotatable bonds is 6. The standard InChI is InChI=1S/C18H22BrNO/c1-4-11-20-18(14-5-8-16(21-3)9-6-14)15-7-10-17(19)13(2)12-15/h5-10,12,18,20H,4,11H2,1-3H3. The summed E-state index contributed by atoms with van der Waals surface area (Å²) in [4.78, 5) is 0. The topological polar surface area (TPSA) is 21.3 Å². The van der Waals surface area contributed by atoms with Gasteiger partial charge >= 0.3 is 0 Å². The largest absolute Gasteiger partial charge is 0.497 e. The summed E-state index contributed by atoms with van der Waals surface area (Å²) in [6.45, 7) is 5.30. The number of hydrogen-bond donors (Lipinski definition) is 1. The van der Waals surface area contributed by atoms with E-state index in [0.29, 0.717) is 0 Å². The van der Waals surface area contributed by atoms with E-state index in [9.17, 15) is 0 Å². The first-order valence-corrected chi connectivity index (χ1v) is 8.08. The summed E-state index contributed by atoms with van der Waals surface area (Å²) in [5.74, 6) is 0.889. The van der Waals surface area contributed by atoms with Gasteiger partial charge in [0.15, 0.2) is 0 Å². The molecule has 0 aliphatic heterocycles. The zero-order valence-electron chi connectivity index (χ0n) is 12.8. The number of benzene rings is 2. The minimum Gasteiger partial charge on any atom is -0.497 e. The maximum absolute atomic E-state index is 5.24. The molecule has 0 spiro atoms. The van der Waals surface area contributed by atoms with Gasteiger partial charge in [-0.25, -0.2) is 0 Å². The molecule has 1 atom stereocenters. The number of halogens is 1. The highest BCUT2D eigenvalue weighted by Crippen LogP contribution is 2.27. The second kappa shape index (κ2) is 7.62. The van der Waals surface area contributed by atoms with Gasteiger partial charge in [0, 0.05) is 4.47 Å². The maximum atomic E-state index is 5.24. The van der Waals surface area contributed by atoms with E-state index in [4.69, 9.17) is 4.74 Å². The SMILES string of the molecule is CCCNC(c1ccc(OC)cc1)c1ccc(Br)c(C)c1. The fourth-order valence-electron chi connectivity index (χ4n) is 2.36. The molecule has 0 saturated heterocycles. The molecule has 0 radical (unpaired) electrons. The predicted octanol–water partition coefficient (Wildman–Crippen LogP) is 4.86. The lowest BCUT2D eigenvalue weighted by molar-refractivity contribution is 0.414. The minimum absolute atomic E-state index is 0.211. The highest BCUT2D eigenvalue weighted by atomic mass is 79.9. The fraction of sp³-hybridized carbons (Fsp3) is 0.333. The Kier molecular flexibility index (Phi) is 5.83. The van der Waals surface area contributed by atoms with Crippen LogP contribution in [0.15, 0.2) is 46.9 Å². The van der Waals surface area contributed by atoms with E-state index in [1.54, 1.807) is 7.11 Å². The molecule has 2 aromatic rings. The lowest BCUT2D eigenvalue weighted by atomic mass is 9.97. The van der Waals surface area contributed by atoms with Crippen molar-refractivity contribution in [3.63, 3.8) is 0 Å². The van der Waals surface area contributed by atoms with E-state index >= 15 is 0 Å². The van der Waals surface area contributed by atoms with Crippen LogP contribution in [0.3, 0.4) is 0 Å². The summed E-state index contributed by atoms with van der Waals surface area (Å²) in [5.41, 5.74) is 3.80. The van der Waals surface area contributed by atoms with Gasteiger partial charge in [-0.1, -0.05) is 47.1 Å². The molecular formula is C18H22BrNO. The van der Waals surface area contributed by atoms with Gasteiger partial charge in [-0.05, 0) is 54.8 Å². The first-order valence-electron chi connectivity index (χ1n) is 7.29. The summed E-state index contributed by atoms with van der Waals surface area (Å²) in [5, 5.41) is 3.63. The molecule has 21 heavy (non-hydrogen) atoms. The van der Waals surface area contributed by atoms with E-state index in [0.717, 1.165) is 23.2 Å². The Morgan fingerprint density at radius 1 is 1.10 bits per heavy atom. The Hall–Kier alpha value is -1.32. The van der Waals surface area contributed by atoms with Gasteiger partial charge in [-0.15, -0.1) is 0 Å². The van der Waals surface area contributed by atoms with Crippen LogP contribution in [-0.2, 0) is 0 Å². The first kappa shape index (κ1) is 16.1. The van der Waals surface area contributed by atoms with Gasteiger partial charge in [0.05, 0.1) is 13.2 Å². The Bertz CT molecular complexity index is 580. The summed E-state index contributed by atoms with van der Waals surface area (Å²) in [6, 6.07) is 15.0. The molecule has 2 nitrogen and oxygen atoms in total.